The van der Waals surface area contributed by atoms with Crippen LogP contribution in [0.3, 0.4) is 0 Å². The molecule has 38 heavy (non-hydrogen) atoms. The van der Waals surface area contributed by atoms with Crippen LogP contribution in [0.5, 0.6) is 0 Å². The number of carbonyl (C=O) groups excluding carboxylic acids is 2. The van der Waals surface area contributed by atoms with Gasteiger partial charge in [-0.1, -0.05) is 12.1 Å². The van der Waals surface area contributed by atoms with Crippen LogP contribution in [0.4, 0.5) is 23.5 Å². The number of aromatic nitrogens is 4. The number of amides is 2. The molecule has 12 heteroatoms. The summed E-state index contributed by atoms with van der Waals surface area (Å²) in [5.74, 6) is -1.64. The Morgan fingerprint density at radius 2 is 1.74 bits per heavy atom. The Kier molecular flexibility index (Phi) is 6.92. The van der Waals surface area contributed by atoms with Gasteiger partial charge in [-0.2, -0.15) is 18.2 Å². The van der Waals surface area contributed by atoms with Gasteiger partial charge in [-0.05, 0) is 57.0 Å². The number of aryl methyl sites for hydroxylation is 1. The number of pyridine rings is 1. The minimum absolute atomic E-state index is 0.0325. The maximum Gasteiger partial charge on any atom is 0.433 e. The van der Waals surface area contributed by atoms with Gasteiger partial charge in [0.1, 0.15) is 17.2 Å². The summed E-state index contributed by atoms with van der Waals surface area (Å²) in [4.78, 5) is 37.6. The van der Waals surface area contributed by atoms with Gasteiger partial charge in [0.2, 0.25) is 5.95 Å². The van der Waals surface area contributed by atoms with E-state index in [1.807, 2.05) is 20.8 Å². The molecule has 2 N–H and O–H groups in total. The van der Waals surface area contributed by atoms with E-state index in [9.17, 15) is 27.2 Å². The minimum atomic E-state index is -4.55. The number of anilines is 1. The van der Waals surface area contributed by atoms with Crippen LogP contribution in [0, 0.1) is 12.7 Å². The summed E-state index contributed by atoms with van der Waals surface area (Å²) in [6, 6.07) is 6.19. The Balaban J connectivity index is 1.58. The third-order valence-electron chi connectivity index (χ3n) is 5.74. The Morgan fingerprint density at radius 1 is 1.00 bits per heavy atom. The first-order chi connectivity index (χ1) is 17.7. The molecule has 0 spiro atoms. The van der Waals surface area contributed by atoms with Crippen molar-refractivity contribution in [3.63, 3.8) is 0 Å². The van der Waals surface area contributed by atoms with Crippen LogP contribution in [0.15, 0.2) is 48.9 Å². The molecule has 0 unspecified atom stereocenters. The highest BCUT2D eigenvalue weighted by Crippen LogP contribution is 2.28. The van der Waals surface area contributed by atoms with Crippen molar-refractivity contribution in [2.75, 3.05) is 5.32 Å². The van der Waals surface area contributed by atoms with Gasteiger partial charge in [0, 0.05) is 36.2 Å². The number of fused-ring (bicyclic) bond motifs is 1. The topological polar surface area (TPSA) is 102 Å². The van der Waals surface area contributed by atoms with Gasteiger partial charge in [0.25, 0.3) is 11.8 Å². The number of rotatable bonds is 5. The van der Waals surface area contributed by atoms with Crippen molar-refractivity contribution >= 4 is 28.8 Å². The maximum atomic E-state index is 13.9. The molecule has 0 saturated heterocycles. The molecule has 4 aromatic rings. The molecule has 8 nitrogen and oxygen atoms in total. The Hall–Kier alpha value is -4.35. The van der Waals surface area contributed by atoms with Gasteiger partial charge < -0.3 is 9.88 Å². The molecular formula is C26H24F4N6O2. The SMILES string of the molecule is Cc1ccc(C(=O)Nc2ncc3c(C(=O)NCc4ccc(C(F)(F)F)nc4)cn(C(C)(C)C)c3n2)cc1F. The van der Waals surface area contributed by atoms with Crippen molar-refractivity contribution < 1.29 is 27.2 Å². The third kappa shape index (κ3) is 5.63. The lowest BCUT2D eigenvalue weighted by atomic mass is 10.1. The van der Waals surface area contributed by atoms with Gasteiger partial charge >= 0.3 is 6.18 Å². The second-order valence-corrected chi connectivity index (χ2v) is 9.66. The fourth-order valence-corrected chi connectivity index (χ4v) is 3.64. The first kappa shape index (κ1) is 26.7. The molecule has 3 aromatic heterocycles. The minimum Gasteiger partial charge on any atom is -0.348 e. The second-order valence-electron chi connectivity index (χ2n) is 9.66. The first-order valence-corrected chi connectivity index (χ1v) is 11.5. The van der Waals surface area contributed by atoms with Crippen LogP contribution in [-0.2, 0) is 18.3 Å². The zero-order valence-corrected chi connectivity index (χ0v) is 20.9. The molecule has 0 aliphatic heterocycles. The quantitative estimate of drug-likeness (QED) is 0.346. The number of hydrogen-bond donors (Lipinski definition) is 2. The number of nitrogens with one attached hydrogen (secondary N) is 2. The van der Waals surface area contributed by atoms with E-state index in [1.54, 1.807) is 17.7 Å². The molecular weight excluding hydrogens is 504 g/mol. The van der Waals surface area contributed by atoms with E-state index >= 15 is 0 Å². The highest BCUT2D eigenvalue weighted by Gasteiger charge is 2.32. The van der Waals surface area contributed by atoms with Gasteiger partial charge in [-0.15, -0.1) is 0 Å². The zero-order valence-electron chi connectivity index (χ0n) is 20.9. The molecule has 1 aromatic carbocycles. The summed E-state index contributed by atoms with van der Waals surface area (Å²) in [7, 11) is 0. The molecule has 0 radical (unpaired) electrons. The first-order valence-electron chi connectivity index (χ1n) is 11.5. The van der Waals surface area contributed by atoms with Gasteiger partial charge in [-0.25, -0.2) is 9.37 Å². The van der Waals surface area contributed by atoms with Gasteiger partial charge in [-0.3, -0.25) is 19.9 Å². The number of nitrogens with zero attached hydrogens (tertiary/aromatic N) is 4. The van der Waals surface area contributed by atoms with Gasteiger partial charge in [0.05, 0.1) is 10.9 Å². The summed E-state index contributed by atoms with van der Waals surface area (Å²) in [5, 5.41) is 5.63. The lowest BCUT2D eigenvalue weighted by molar-refractivity contribution is -0.141. The summed E-state index contributed by atoms with van der Waals surface area (Å²) in [6.45, 7) is 7.24. The highest BCUT2D eigenvalue weighted by atomic mass is 19.4. The highest BCUT2D eigenvalue weighted by molar-refractivity contribution is 6.07. The van der Waals surface area contributed by atoms with E-state index in [4.69, 9.17) is 0 Å². The molecule has 0 saturated carbocycles. The standard InChI is InChI=1S/C26H24F4N6O2/c1-14-5-7-16(9-19(14)27)22(37)35-24-33-12-17-18(13-36(21(17)34-24)25(2,3)4)23(38)32-11-15-6-8-20(31-10-15)26(28,29)30/h5-10,12-13H,11H2,1-4H3,(H,32,38)(H,33,34,35,37). The summed E-state index contributed by atoms with van der Waals surface area (Å²) in [6.07, 6.45) is -0.504. The van der Waals surface area contributed by atoms with Crippen LogP contribution < -0.4 is 10.6 Å². The van der Waals surface area contributed by atoms with E-state index in [0.29, 0.717) is 22.2 Å². The largest absolute Gasteiger partial charge is 0.433 e. The predicted octanol–water partition coefficient (Wildman–Crippen LogP) is 5.23. The lowest BCUT2D eigenvalue weighted by Crippen LogP contribution is -2.24. The number of carbonyl (C=O) groups is 2. The number of halogens is 4. The summed E-state index contributed by atoms with van der Waals surface area (Å²) < 4.78 is 53.8. The third-order valence-corrected chi connectivity index (χ3v) is 5.74. The van der Waals surface area contributed by atoms with Crippen LogP contribution in [0.1, 0.15) is 58.3 Å². The maximum absolute atomic E-state index is 13.9. The Morgan fingerprint density at radius 3 is 2.34 bits per heavy atom. The molecule has 0 aliphatic rings. The van der Waals surface area contributed by atoms with Crippen LogP contribution in [-0.4, -0.2) is 31.3 Å². The van der Waals surface area contributed by atoms with E-state index in [-0.39, 0.29) is 23.6 Å². The zero-order chi connectivity index (χ0) is 27.8. The molecule has 198 valence electrons. The van der Waals surface area contributed by atoms with Crippen LogP contribution >= 0.6 is 0 Å². The lowest BCUT2D eigenvalue weighted by Gasteiger charge is -2.22. The molecule has 0 atom stereocenters. The number of hydrogen-bond acceptors (Lipinski definition) is 5. The molecule has 4 rings (SSSR count). The monoisotopic (exact) mass is 528 g/mol. The summed E-state index contributed by atoms with van der Waals surface area (Å²) >= 11 is 0. The Labute approximate surface area is 215 Å². The smallest absolute Gasteiger partial charge is 0.348 e. The molecule has 0 bridgehead atoms. The van der Waals surface area contributed by atoms with Crippen molar-refractivity contribution in [2.45, 2.75) is 46.0 Å². The van der Waals surface area contributed by atoms with E-state index in [0.717, 1.165) is 18.3 Å². The fourth-order valence-electron chi connectivity index (χ4n) is 3.64. The average molecular weight is 529 g/mol. The van der Waals surface area contributed by atoms with Crippen LogP contribution in [0.2, 0.25) is 0 Å². The fraction of sp³-hybridized carbons (Fsp3) is 0.269. The van der Waals surface area contributed by atoms with Crippen molar-refractivity contribution in [3.8, 4) is 0 Å². The van der Waals surface area contributed by atoms with E-state index < -0.39 is 35.0 Å². The average Bonchev–Trinajstić information content (AvgIpc) is 3.23. The van der Waals surface area contributed by atoms with E-state index in [2.05, 4.69) is 25.6 Å². The van der Waals surface area contributed by atoms with Crippen molar-refractivity contribution in [1.82, 2.24) is 24.8 Å². The number of benzene rings is 1. The molecule has 3 heterocycles. The van der Waals surface area contributed by atoms with Crippen molar-refractivity contribution in [2.24, 2.45) is 0 Å². The molecule has 0 aliphatic carbocycles. The predicted molar refractivity (Wildman–Crippen MR) is 132 cm³/mol. The van der Waals surface area contributed by atoms with Crippen molar-refractivity contribution in [3.05, 3.63) is 82.7 Å². The van der Waals surface area contributed by atoms with Crippen molar-refractivity contribution in [1.29, 1.82) is 0 Å². The number of alkyl halides is 3. The molecule has 2 amide bonds. The molecule has 0 fully saturated rings. The van der Waals surface area contributed by atoms with Gasteiger partial charge in [0.15, 0.2) is 0 Å². The second kappa shape index (κ2) is 9.84. The normalized spacial score (nSPS) is 12.0. The Bertz CT molecular complexity index is 1520. The van der Waals surface area contributed by atoms with Crippen LogP contribution in [0.25, 0.3) is 11.0 Å². The summed E-state index contributed by atoms with van der Waals surface area (Å²) in [5.41, 5.74) is -0.0202. The van der Waals surface area contributed by atoms with E-state index in [1.165, 1.54) is 24.4 Å².